The topological polar surface area (TPSA) is 72.9 Å². The number of carbonyl (C=O) groups is 3. The lowest BCUT2D eigenvalue weighted by Crippen LogP contribution is -2.46. The molecule has 0 bridgehead atoms. The summed E-state index contributed by atoms with van der Waals surface area (Å²) in [5.41, 5.74) is 2.54. The number of fused-ring (bicyclic) bond motifs is 1. The minimum atomic E-state index is -1.07. The number of carbonyl (C=O) groups excluding carboxylic acids is 3. The molecule has 0 aromatic heterocycles. The highest BCUT2D eigenvalue weighted by Gasteiger charge is 2.52. The fourth-order valence-electron chi connectivity index (χ4n) is 4.85. The van der Waals surface area contributed by atoms with E-state index in [2.05, 4.69) is 13.2 Å². The molecule has 186 valence electrons. The van der Waals surface area contributed by atoms with Crippen LogP contribution >= 0.6 is 0 Å². The van der Waals surface area contributed by atoms with Crippen molar-refractivity contribution < 1.29 is 23.9 Å². The molecule has 0 saturated carbocycles. The van der Waals surface area contributed by atoms with E-state index in [0.717, 1.165) is 28.8 Å². The zero-order valence-corrected chi connectivity index (χ0v) is 20.4. The van der Waals surface area contributed by atoms with Crippen LogP contribution in [0.25, 0.3) is 0 Å². The van der Waals surface area contributed by atoms with Gasteiger partial charge in [-0.05, 0) is 59.2 Å². The van der Waals surface area contributed by atoms with Gasteiger partial charge in [0.15, 0.2) is 0 Å². The Morgan fingerprint density at radius 1 is 0.658 bits per heavy atom. The second-order valence-corrected chi connectivity index (χ2v) is 8.53. The largest absolute Gasteiger partial charge is 0.423 e. The van der Waals surface area contributed by atoms with Crippen LogP contribution in [0.1, 0.15) is 27.0 Å². The van der Waals surface area contributed by atoms with Crippen LogP contribution in [0, 0.1) is 0 Å². The minimum absolute atomic E-state index is 0.156. The van der Waals surface area contributed by atoms with Gasteiger partial charge in [0.25, 0.3) is 5.91 Å². The van der Waals surface area contributed by atoms with Crippen molar-refractivity contribution in [2.45, 2.75) is 5.54 Å². The Morgan fingerprint density at radius 2 is 1.13 bits per heavy atom. The lowest BCUT2D eigenvalue weighted by atomic mass is 9.76. The molecule has 38 heavy (non-hydrogen) atoms. The first-order chi connectivity index (χ1) is 18.5. The van der Waals surface area contributed by atoms with Gasteiger partial charge in [0.05, 0.1) is 0 Å². The number of ether oxygens (including phenoxy) is 2. The first kappa shape index (κ1) is 24.5. The number of nitrogens with zero attached hydrogens (tertiary/aromatic N) is 1. The van der Waals surface area contributed by atoms with Crippen LogP contribution in [0.4, 0.5) is 5.69 Å². The summed E-state index contributed by atoms with van der Waals surface area (Å²) in [4.78, 5) is 39.3. The molecule has 1 aliphatic rings. The monoisotopic (exact) mass is 501 g/mol. The standard InChI is InChI=1S/C32H23NO5/c1-3-29(34)37-25-18-14-22(15-19-25)32(23-16-20-26(21-17-23)38-30(35)4-2)28-13-9-8-12-27(28)31(36)33(32)24-10-6-5-7-11-24/h3-21H,1-2H2. The molecule has 4 aromatic carbocycles. The fraction of sp³-hybridized carbons (Fsp3) is 0.0312. The van der Waals surface area contributed by atoms with Gasteiger partial charge in [-0.1, -0.05) is 73.8 Å². The van der Waals surface area contributed by atoms with Gasteiger partial charge in [-0.2, -0.15) is 0 Å². The van der Waals surface area contributed by atoms with Gasteiger partial charge < -0.3 is 9.47 Å². The van der Waals surface area contributed by atoms with E-state index in [-0.39, 0.29) is 5.91 Å². The number of anilines is 1. The molecule has 0 spiro atoms. The number of hydrogen-bond donors (Lipinski definition) is 0. The Balaban J connectivity index is 1.76. The summed E-state index contributed by atoms with van der Waals surface area (Å²) in [5, 5.41) is 0. The third-order valence-electron chi connectivity index (χ3n) is 6.41. The normalized spacial score (nSPS) is 13.4. The van der Waals surface area contributed by atoms with Crippen LogP contribution in [0.3, 0.4) is 0 Å². The molecule has 0 saturated heterocycles. The fourth-order valence-corrected chi connectivity index (χ4v) is 4.85. The molecule has 0 unspecified atom stereocenters. The van der Waals surface area contributed by atoms with Crippen LogP contribution < -0.4 is 14.4 Å². The lowest BCUT2D eigenvalue weighted by Gasteiger charge is -2.40. The maximum Gasteiger partial charge on any atom is 0.335 e. The number of hydrogen-bond acceptors (Lipinski definition) is 5. The first-order valence-corrected chi connectivity index (χ1v) is 11.9. The van der Waals surface area contributed by atoms with Gasteiger partial charge in [-0.25, -0.2) is 9.59 Å². The predicted molar refractivity (Wildman–Crippen MR) is 144 cm³/mol. The predicted octanol–water partition coefficient (Wildman–Crippen LogP) is 5.82. The highest BCUT2D eigenvalue weighted by molar-refractivity contribution is 6.13. The van der Waals surface area contributed by atoms with E-state index < -0.39 is 17.5 Å². The van der Waals surface area contributed by atoms with Crippen LogP contribution in [-0.2, 0) is 15.1 Å². The smallest absolute Gasteiger partial charge is 0.335 e. The summed E-state index contributed by atoms with van der Waals surface area (Å²) in [7, 11) is 0. The van der Waals surface area contributed by atoms with Crippen molar-refractivity contribution >= 4 is 23.5 Å². The summed E-state index contributed by atoms with van der Waals surface area (Å²) in [5.74, 6) is -0.585. The number of benzene rings is 4. The van der Waals surface area contributed by atoms with Crippen molar-refractivity contribution in [2.24, 2.45) is 0 Å². The zero-order valence-electron chi connectivity index (χ0n) is 20.4. The summed E-state index contributed by atoms with van der Waals surface area (Å²) in [6.45, 7) is 6.88. The van der Waals surface area contributed by atoms with Crippen molar-refractivity contribution in [3.05, 3.63) is 151 Å². The third kappa shape index (κ3) is 4.08. The van der Waals surface area contributed by atoms with Crippen molar-refractivity contribution in [3.8, 4) is 11.5 Å². The Labute approximate surface area is 220 Å². The molecule has 1 heterocycles. The SMILES string of the molecule is C=CC(=O)Oc1ccc(C2(c3ccc(OC(=O)C=C)cc3)c3ccccc3C(=O)N2c2ccccc2)cc1. The zero-order chi connectivity index (χ0) is 26.7. The molecular weight excluding hydrogens is 478 g/mol. The summed E-state index contributed by atoms with van der Waals surface area (Å²) in [6, 6.07) is 31.0. The molecule has 6 nitrogen and oxygen atoms in total. The molecule has 6 heteroatoms. The number of esters is 2. The molecule has 0 fully saturated rings. The highest BCUT2D eigenvalue weighted by atomic mass is 16.5. The molecule has 0 aliphatic carbocycles. The number of rotatable bonds is 7. The Kier molecular flexibility index (Phi) is 6.46. The van der Waals surface area contributed by atoms with Crippen LogP contribution in [0.2, 0.25) is 0 Å². The van der Waals surface area contributed by atoms with E-state index in [9.17, 15) is 14.4 Å². The van der Waals surface area contributed by atoms with Gasteiger partial charge >= 0.3 is 11.9 Å². The molecule has 4 aromatic rings. The summed E-state index contributed by atoms with van der Waals surface area (Å²) >= 11 is 0. The van der Waals surface area contributed by atoms with E-state index in [0.29, 0.717) is 22.7 Å². The Morgan fingerprint density at radius 3 is 1.63 bits per heavy atom. The third-order valence-corrected chi connectivity index (χ3v) is 6.41. The average Bonchev–Trinajstić information content (AvgIpc) is 3.23. The molecule has 0 N–H and O–H groups in total. The van der Waals surface area contributed by atoms with Gasteiger partial charge in [0.2, 0.25) is 0 Å². The Hall–Kier alpha value is -5.23. The van der Waals surface area contributed by atoms with E-state index >= 15 is 0 Å². The van der Waals surface area contributed by atoms with Gasteiger partial charge in [-0.3, -0.25) is 9.69 Å². The first-order valence-electron chi connectivity index (χ1n) is 11.9. The molecule has 5 rings (SSSR count). The molecule has 1 aliphatic heterocycles. The van der Waals surface area contributed by atoms with E-state index in [1.807, 2.05) is 78.9 Å². The van der Waals surface area contributed by atoms with Crippen molar-refractivity contribution in [2.75, 3.05) is 4.90 Å². The molecule has 0 atom stereocenters. The highest BCUT2D eigenvalue weighted by Crippen LogP contribution is 2.51. The molecular formula is C32H23NO5. The van der Waals surface area contributed by atoms with E-state index in [4.69, 9.17) is 9.47 Å². The minimum Gasteiger partial charge on any atom is -0.423 e. The van der Waals surface area contributed by atoms with Gasteiger partial charge in [0, 0.05) is 23.4 Å². The second kappa shape index (κ2) is 10.0. The van der Waals surface area contributed by atoms with Gasteiger partial charge in [0.1, 0.15) is 17.0 Å². The van der Waals surface area contributed by atoms with Crippen molar-refractivity contribution in [3.63, 3.8) is 0 Å². The van der Waals surface area contributed by atoms with E-state index in [1.54, 1.807) is 29.2 Å². The average molecular weight is 502 g/mol. The molecule has 1 amide bonds. The van der Waals surface area contributed by atoms with Crippen LogP contribution in [0.15, 0.2) is 128 Å². The maximum atomic E-state index is 14.0. The quantitative estimate of drug-likeness (QED) is 0.181. The van der Waals surface area contributed by atoms with Crippen molar-refractivity contribution in [1.29, 1.82) is 0 Å². The van der Waals surface area contributed by atoms with Crippen molar-refractivity contribution in [1.82, 2.24) is 0 Å². The van der Waals surface area contributed by atoms with Crippen LogP contribution in [0.5, 0.6) is 11.5 Å². The lowest BCUT2D eigenvalue weighted by molar-refractivity contribution is -0.129. The van der Waals surface area contributed by atoms with Gasteiger partial charge in [-0.15, -0.1) is 0 Å². The maximum absolute atomic E-state index is 14.0. The summed E-state index contributed by atoms with van der Waals surface area (Å²) in [6.07, 6.45) is 2.19. The summed E-state index contributed by atoms with van der Waals surface area (Å²) < 4.78 is 10.6. The van der Waals surface area contributed by atoms with E-state index in [1.165, 1.54) is 0 Å². The van der Waals surface area contributed by atoms with Crippen LogP contribution in [-0.4, -0.2) is 17.8 Å². The second-order valence-electron chi connectivity index (χ2n) is 8.53. The number of para-hydroxylation sites is 1. The molecule has 0 radical (unpaired) electrons. The Bertz CT molecular complexity index is 1470. The number of amides is 1.